The number of carbonyl (C=O) groups is 5. The van der Waals surface area contributed by atoms with Crippen molar-refractivity contribution < 1.29 is 43.0 Å². The van der Waals surface area contributed by atoms with E-state index in [9.17, 15) is 33.8 Å². The van der Waals surface area contributed by atoms with Gasteiger partial charge in [0, 0.05) is 16.5 Å². The molecule has 262 valence electrons. The SMILES string of the molecule is O=C(O)c1cccc(N2C(=O)C3CC=C4C(CC5C(=O)N(Nc6ccc(F)cc6)C(=O)C5(c5ccc(Cl)cc5)C4c4cccc(F)c4O)C3C2=O)c1. The van der Waals surface area contributed by atoms with Crippen LogP contribution in [0, 0.1) is 35.3 Å². The zero-order valence-electron chi connectivity index (χ0n) is 27.0. The third-order valence-corrected chi connectivity index (χ3v) is 11.2. The second kappa shape index (κ2) is 12.1. The molecule has 4 aromatic carbocycles. The fourth-order valence-electron chi connectivity index (χ4n) is 8.80. The van der Waals surface area contributed by atoms with E-state index >= 15 is 9.18 Å². The van der Waals surface area contributed by atoms with Gasteiger partial charge >= 0.3 is 5.97 Å². The molecule has 3 fully saturated rings. The molecule has 10 nitrogen and oxygen atoms in total. The molecule has 0 spiro atoms. The number of hydrogen-bond acceptors (Lipinski definition) is 7. The normalized spacial score (nSPS) is 26.5. The Hall–Kier alpha value is -5.88. The number of aromatic hydroxyl groups is 1. The number of amides is 4. The Morgan fingerprint density at radius 3 is 2.29 bits per heavy atom. The largest absolute Gasteiger partial charge is 0.505 e. The number of para-hydroxylation sites is 1. The van der Waals surface area contributed by atoms with E-state index in [0.717, 1.165) is 28.1 Å². The highest BCUT2D eigenvalue weighted by atomic mass is 35.5. The van der Waals surface area contributed by atoms with Gasteiger partial charge in [0.15, 0.2) is 11.6 Å². The van der Waals surface area contributed by atoms with Crippen molar-refractivity contribution in [2.24, 2.45) is 23.7 Å². The number of carboxylic acids is 1. The maximum atomic E-state index is 15.3. The number of nitrogens with one attached hydrogen (secondary N) is 1. The summed E-state index contributed by atoms with van der Waals surface area (Å²) in [7, 11) is 0. The van der Waals surface area contributed by atoms with Crippen molar-refractivity contribution in [3.05, 3.63) is 136 Å². The topological polar surface area (TPSA) is 144 Å². The van der Waals surface area contributed by atoms with Crippen LogP contribution in [0.15, 0.2) is 103 Å². The smallest absolute Gasteiger partial charge is 0.335 e. The van der Waals surface area contributed by atoms with Crippen molar-refractivity contribution in [1.82, 2.24) is 5.01 Å². The number of aromatic carboxylic acids is 1. The molecule has 1 saturated carbocycles. The summed E-state index contributed by atoms with van der Waals surface area (Å²) >= 11 is 6.28. The number of hydrazine groups is 1. The number of carboxylic acid groups (broad SMARTS) is 1. The Balaban J connectivity index is 1.32. The molecule has 2 aliphatic heterocycles. The van der Waals surface area contributed by atoms with E-state index in [1.807, 2.05) is 0 Å². The van der Waals surface area contributed by atoms with Crippen LogP contribution in [0.25, 0.3) is 0 Å². The minimum Gasteiger partial charge on any atom is -0.505 e. The van der Waals surface area contributed by atoms with E-state index in [-0.39, 0.29) is 35.3 Å². The molecule has 3 N–H and O–H groups in total. The van der Waals surface area contributed by atoms with Crippen LogP contribution in [0.5, 0.6) is 5.75 Å². The number of anilines is 2. The lowest BCUT2D eigenvalue weighted by atomic mass is 9.49. The summed E-state index contributed by atoms with van der Waals surface area (Å²) in [5, 5.41) is 22.1. The maximum Gasteiger partial charge on any atom is 0.335 e. The lowest BCUT2D eigenvalue weighted by Gasteiger charge is -2.50. The van der Waals surface area contributed by atoms with Crippen LogP contribution in [-0.2, 0) is 24.6 Å². The summed E-state index contributed by atoms with van der Waals surface area (Å²) < 4.78 is 29.1. The molecule has 8 rings (SSSR count). The summed E-state index contributed by atoms with van der Waals surface area (Å²) in [6.07, 6.45) is 1.70. The van der Waals surface area contributed by atoms with Crippen molar-refractivity contribution in [3.63, 3.8) is 0 Å². The van der Waals surface area contributed by atoms with Crippen LogP contribution in [0.2, 0.25) is 5.02 Å². The number of phenolic OH excluding ortho intramolecular Hbond substituents is 1. The molecule has 4 aliphatic rings. The molecule has 13 heteroatoms. The van der Waals surface area contributed by atoms with Gasteiger partial charge in [-0.15, -0.1) is 0 Å². The first kappa shape index (κ1) is 33.3. The molecule has 4 amide bonds. The van der Waals surface area contributed by atoms with Gasteiger partial charge in [-0.3, -0.25) is 29.5 Å². The van der Waals surface area contributed by atoms with Gasteiger partial charge in [0.1, 0.15) is 5.82 Å². The summed E-state index contributed by atoms with van der Waals surface area (Å²) in [5.74, 6) is -11.2. The average Bonchev–Trinajstić information content (AvgIpc) is 3.51. The summed E-state index contributed by atoms with van der Waals surface area (Å²) in [6, 6.07) is 20.7. The second-order valence-corrected chi connectivity index (χ2v) is 13.9. The first-order chi connectivity index (χ1) is 24.9. The van der Waals surface area contributed by atoms with Crippen molar-refractivity contribution >= 4 is 52.6 Å². The molecular formula is C39H28ClF2N3O7. The third-order valence-electron chi connectivity index (χ3n) is 10.9. The standard InChI is InChI=1S/C39H28ClF2N3O7/c40-21-9-7-20(8-10-21)39-29(35(48)45(38(39)52)43-23-13-11-22(41)12-14-23)18-28-25(32(39)27-5-2-6-30(42)33(27)46)15-16-26-31(28)36(49)44(34(26)47)24-4-1-3-19(17-24)37(50)51/h1-15,17,26,28-29,31-32,43,46H,16,18H2,(H,50,51). The molecule has 2 heterocycles. The van der Waals surface area contributed by atoms with E-state index in [1.54, 1.807) is 30.3 Å². The fourth-order valence-corrected chi connectivity index (χ4v) is 8.92. The molecule has 6 atom stereocenters. The van der Waals surface area contributed by atoms with Gasteiger partial charge in [-0.2, -0.15) is 5.01 Å². The van der Waals surface area contributed by atoms with Crippen LogP contribution >= 0.6 is 11.6 Å². The van der Waals surface area contributed by atoms with Gasteiger partial charge in [-0.25, -0.2) is 13.6 Å². The number of hydrogen-bond donors (Lipinski definition) is 3. The highest BCUT2D eigenvalue weighted by Crippen LogP contribution is 2.65. The van der Waals surface area contributed by atoms with Gasteiger partial charge in [-0.05, 0) is 85.0 Å². The predicted molar refractivity (Wildman–Crippen MR) is 183 cm³/mol. The zero-order valence-corrected chi connectivity index (χ0v) is 27.8. The molecule has 0 radical (unpaired) electrons. The number of benzene rings is 4. The number of fused-ring (bicyclic) bond motifs is 4. The number of carbonyl (C=O) groups excluding carboxylic acids is 4. The predicted octanol–water partition coefficient (Wildman–Crippen LogP) is 6.21. The maximum absolute atomic E-state index is 15.3. The minimum atomic E-state index is -1.81. The van der Waals surface area contributed by atoms with Crippen molar-refractivity contribution in [1.29, 1.82) is 0 Å². The number of phenols is 1. The molecule has 2 saturated heterocycles. The number of rotatable bonds is 6. The number of imide groups is 2. The van der Waals surface area contributed by atoms with Crippen molar-refractivity contribution in [3.8, 4) is 5.75 Å². The summed E-state index contributed by atoms with van der Waals surface area (Å²) in [6.45, 7) is 0. The first-order valence-corrected chi connectivity index (χ1v) is 16.9. The molecule has 52 heavy (non-hydrogen) atoms. The molecular weight excluding hydrogens is 696 g/mol. The highest BCUT2D eigenvalue weighted by molar-refractivity contribution is 6.30. The highest BCUT2D eigenvalue weighted by Gasteiger charge is 2.70. The van der Waals surface area contributed by atoms with Crippen LogP contribution < -0.4 is 10.3 Å². The van der Waals surface area contributed by atoms with Crippen LogP contribution in [-0.4, -0.2) is 44.8 Å². The third kappa shape index (κ3) is 4.77. The summed E-state index contributed by atoms with van der Waals surface area (Å²) in [4.78, 5) is 70.8. The summed E-state index contributed by atoms with van der Waals surface area (Å²) in [5.41, 5.74) is 2.02. The van der Waals surface area contributed by atoms with Gasteiger partial charge in [-0.1, -0.05) is 53.6 Å². The average molecular weight is 724 g/mol. The minimum absolute atomic E-state index is 0.00178. The Kier molecular flexibility index (Phi) is 7.76. The molecule has 0 bridgehead atoms. The molecule has 6 unspecified atom stereocenters. The van der Waals surface area contributed by atoms with Gasteiger partial charge in [0.2, 0.25) is 11.8 Å². The van der Waals surface area contributed by atoms with Gasteiger partial charge in [0.25, 0.3) is 11.8 Å². The van der Waals surface area contributed by atoms with E-state index in [0.29, 0.717) is 16.2 Å². The first-order valence-electron chi connectivity index (χ1n) is 16.5. The van der Waals surface area contributed by atoms with Crippen LogP contribution in [0.4, 0.5) is 20.2 Å². The van der Waals surface area contributed by atoms with Gasteiger partial charge in [0.05, 0.1) is 40.1 Å². The Morgan fingerprint density at radius 2 is 1.58 bits per heavy atom. The molecule has 2 aliphatic carbocycles. The lowest BCUT2D eigenvalue weighted by molar-refractivity contribution is -0.138. The second-order valence-electron chi connectivity index (χ2n) is 13.4. The van der Waals surface area contributed by atoms with Crippen molar-refractivity contribution in [2.45, 2.75) is 24.2 Å². The van der Waals surface area contributed by atoms with Gasteiger partial charge < -0.3 is 10.2 Å². The monoisotopic (exact) mass is 723 g/mol. The van der Waals surface area contributed by atoms with E-state index in [1.165, 1.54) is 48.5 Å². The Bertz CT molecular complexity index is 2250. The van der Waals surface area contributed by atoms with Crippen molar-refractivity contribution in [2.75, 3.05) is 10.3 Å². The van der Waals surface area contributed by atoms with E-state index < -0.39 is 82.0 Å². The fraction of sp³-hybridized carbons (Fsp3) is 0.205. The Labute approximate surface area is 299 Å². The van der Waals surface area contributed by atoms with Crippen LogP contribution in [0.1, 0.15) is 40.2 Å². The number of allylic oxidation sites excluding steroid dienone is 2. The van der Waals surface area contributed by atoms with Crippen LogP contribution in [0.3, 0.4) is 0 Å². The zero-order chi connectivity index (χ0) is 36.6. The quantitative estimate of drug-likeness (QED) is 0.157. The van der Waals surface area contributed by atoms with E-state index in [4.69, 9.17) is 11.6 Å². The Morgan fingerprint density at radius 1 is 0.865 bits per heavy atom. The van der Waals surface area contributed by atoms with E-state index in [2.05, 4.69) is 5.43 Å². The number of halogens is 3. The molecule has 4 aromatic rings. The lowest BCUT2D eigenvalue weighted by Crippen LogP contribution is -2.53. The number of nitrogens with zero attached hydrogens (tertiary/aromatic N) is 2. The molecule has 0 aromatic heterocycles.